The highest BCUT2D eigenvalue weighted by atomic mass is 19.4. The van der Waals surface area contributed by atoms with E-state index in [1.807, 2.05) is 29.8 Å². The van der Waals surface area contributed by atoms with Gasteiger partial charge in [0.2, 0.25) is 0 Å². The summed E-state index contributed by atoms with van der Waals surface area (Å²) in [6.45, 7) is 2.67. The molecule has 1 saturated carbocycles. The summed E-state index contributed by atoms with van der Waals surface area (Å²) in [6.07, 6.45) is 1.06. The number of aromatic nitrogens is 2. The predicted molar refractivity (Wildman–Crippen MR) is 138 cm³/mol. The quantitative estimate of drug-likeness (QED) is 0.333. The third-order valence-electron chi connectivity index (χ3n) is 7.21. The largest absolute Gasteiger partial charge is 0.481 e. The second-order valence-electron chi connectivity index (χ2n) is 9.74. The van der Waals surface area contributed by atoms with E-state index in [2.05, 4.69) is 5.32 Å². The fourth-order valence-corrected chi connectivity index (χ4v) is 5.28. The lowest BCUT2D eigenvalue weighted by molar-refractivity contribution is -0.138. The lowest BCUT2D eigenvalue weighted by Crippen LogP contribution is -2.26. The number of nitrogens with zero attached hydrogens (tertiary/aromatic N) is 2. The van der Waals surface area contributed by atoms with Gasteiger partial charge in [-0.05, 0) is 61.6 Å². The van der Waals surface area contributed by atoms with Gasteiger partial charge in [0.25, 0.3) is 5.91 Å². The molecule has 202 valence electrons. The van der Waals surface area contributed by atoms with Crippen LogP contribution in [0.2, 0.25) is 0 Å². The van der Waals surface area contributed by atoms with Crippen molar-refractivity contribution in [2.45, 2.75) is 64.1 Å². The molecule has 38 heavy (non-hydrogen) atoms. The Morgan fingerprint density at radius 2 is 1.71 bits per heavy atom. The van der Waals surface area contributed by atoms with Crippen LogP contribution in [0.1, 0.15) is 78.5 Å². The van der Waals surface area contributed by atoms with Gasteiger partial charge in [-0.3, -0.25) is 14.3 Å². The van der Waals surface area contributed by atoms with Gasteiger partial charge in [-0.15, -0.1) is 0 Å². The van der Waals surface area contributed by atoms with Crippen molar-refractivity contribution in [2.24, 2.45) is 5.92 Å². The number of aliphatic carboxylic acids is 1. The van der Waals surface area contributed by atoms with Crippen LogP contribution in [0.4, 0.5) is 13.2 Å². The van der Waals surface area contributed by atoms with Gasteiger partial charge in [-0.1, -0.05) is 43.5 Å². The number of carboxylic acid groups (broad SMARTS) is 1. The van der Waals surface area contributed by atoms with Crippen molar-refractivity contribution in [1.29, 1.82) is 0 Å². The normalized spacial score (nSPS) is 15.3. The number of hydrogen-bond acceptors (Lipinski definition) is 3. The highest BCUT2D eigenvalue weighted by Crippen LogP contribution is 2.42. The number of carbonyl (C=O) groups is 2. The molecule has 0 radical (unpaired) electrons. The number of benzene rings is 2. The van der Waals surface area contributed by atoms with Crippen molar-refractivity contribution in [2.75, 3.05) is 6.54 Å². The molecule has 1 aliphatic rings. The number of nitrogens with one attached hydrogen (secondary N) is 1. The monoisotopic (exact) mass is 527 g/mol. The van der Waals surface area contributed by atoms with Crippen molar-refractivity contribution in [3.05, 3.63) is 77.0 Å². The standard InChI is InChI=1S/C29H32F3N3O3/c1-2-35-25(18-24(34-35)19-12-14-23(15-13-19)29(30,31)32)27(20-6-4-3-5-7-20)21-8-10-22(11-9-21)28(38)33-17-16-26(36)37/h8-15,18,20,27H,2-7,16-17H2,1H3,(H,33,38)(H,36,37). The number of alkyl halides is 3. The van der Waals surface area contributed by atoms with Crippen molar-refractivity contribution in [3.8, 4) is 11.3 Å². The fraction of sp³-hybridized carbons (Fsp3) is 0.414. The number of amides is 1. The lowest BCUT2D eigenvalue weighted by atomic mass is 9.75. The molecule has 1 heterocycles. The van der Waals surface area contributed by atoms with Crippen molar-refractivity contribution in [3.63, 3.8) is 0 Å². The first-order valence-corrected chi connectivity index (χ1v) is 13.0. The Bertz CT molecular complexity index is 1240. The summed E-state index contributed by atoms with van der Waals surface area (Å²) >= 11 is 0. The van der Waals surface area contributed by atoms with Gasteiger partial charge in [0.1, 0.15) is 0 Å². The Balaban J connectivity index is 1.65. The topological polar surface area (TPSA) is 84.2 Å². The first kappa shape index (κ1) is 27.4. The van der Waals surface area contributed by atoms with Crippen molar-refractivity contribution < 1.29 is 27.9 Å². The van der Waals surface area contributed by atoms with Crippen LogP contribution in [0.5, 0.6) is 0 Å². The van der Waals surface area contributed by atoms with Gasteiger partial charge in [-0.25, -0.2) is 0 Å². The first-order chi connectivity index (χ1) is 18.2. The summed E-state index contributed by atoms with van der Waals surface area (Å²) in [5.74, 6) is -0.897. The van der Waals surface area contributed by atoms with E-state index in [1.54, 1.807) is 12.1 Å². The number of aryl methyl sites for hydroxylation is 1. The second kappa shape index (κ2) is 11.8. The minimum atomic E-state index is -4.39. The molecule has 2 aromatic carbocycles. The van der Waals surface area contributed by atoms with Crippen LogP contribution in [0.3, 0.4) is 0 Å². The number of rotatable bonds is 9. The summed E-state index contributed by atoms with van der Waals surface area (Å²) in [5, 5.41) is 16.2. The molecule has 1 atom stereocenters. The SMILES string of the molecule is CCn1nc(-c2ccc(C(F)(F)F)cc2)cc1C(c1ccc(C(=O)NCCC(=O)O)cc1)C1CCCCC1. The molecule has 0 aliphatic heterocycles. The van der Waals surface area contributed by atoms with Gasteiger partial charge in [0, 0.05) is 35.8 Å². The Kier molecular flexibility index (Phi) is 8.54. The van der Waals surface area contributed by atoms with E-state index < -0.39 is 17.7 Å². The zero-order valence-electron chi connectivity index (χ0n) is 21.3. The maximum atomic E-state index is 13.0. The summed E-state index contributed by atoms with van der Waals surface area (Å²) < 4.78 is 41.1. The number of halogens is 3. The third kappa shape index (κ3) is 6.44. The van der Waals surface area contributed by atoms with E-state index in [-0.39, 0.29) is 24.8 Å². The van der Waals surface area contributed by atoms with Gasteiger partial charge in [0.05, 0.1) is 17.7 Å². The fourth-order valence-electron chi connectivity index (χ4n) is 5.28. The molecule has 3 aromatic rings. The molecule has 4 rings (SSSR count). The average molecular weight is 528 g/mol. The lowest BCUT2D eigenvalue weighted by Gasteiger charge is -2.31. The zero-order valence-corrected chi connectivity index (χ0v) is 21.3. The predicted octanol–water partition coefficient (Wildman–Crippen LogP) is 6.51. The Hall–Kier alpha value is -3.62. The van der Waals surface area contributed by atoms with E-state index in [9.17, 15) is 22.8 Å². The van der Waals surface area contributed by atoms with E-state index in [1.165, 1.54) is 18.6 Å². The molecule has 0 bridgehead atoms. The number of carboxylic acids is 1. The highest BCUT2D eigenvalue weighted by molar-refractivity contribution is 5.94. The third-order valence-corrected chi connectivity index (χ3v) is 7.21. The number of carbonyl (C=O) groups excluding carboxylic acids is 1. The van der Waals surface area contributed by atoms with Crippen LogP contribution < -0.4 is 5.32 Å². The second-order valence-corrected chi connectivity index (χ2v) is 9.74. The van der Waals surface area contributed by atoms with E-state index in [0.717, 1.165) is 49.1 Å². The van der Waals surface area contributed by atoms with Crippen LogP contribution in [-0.2, 0) is 17.5 Å². The van der Waals surface area contributed by atoms with E-state index in [4.69, 9.17) is 10.2 Å². The van der Waals surface area contributed by atoms with Gasteiger partial charge in [-0.2, -0.15) is 18.3 Å². The molecule has 1 amide bonds. The molecule has 2 N–H and O–H groups in total. The Labute approximate surface area is 219 Å². The molecule has 1 fully saturated rings. The minimum absolute atomic E-state index is 0.0232. The van der Waals surface area contributed by atoms with Crippen LogP contribution >= 0.6 is 0 Å². The van der Waals surface area contributed by atoms with Crippen LogP contribution in [0, 0.1) is 5.92 Å². The van der Waals surface area contributed by atoms with E-state index in [0.29, 0.717) is 29.3 Å². The number of hydrogen-bond donors (Lipinski definition) is 2. The molecule has 0 saturated heterocycles. The minimum Gasteiger partial charge on any atom is -0.481 e. The molecule has 9 heteroatoms. The first-order valence-electron chi connectivity index (χ1n) is 13.0. The van der Waals surface area contributed by atoms with Gasteiger partial charge in [0.15, 0.2) is 0 Å². The van der Waals surface area contributed by atoms with Crippen LogP contribution in [0.15, 0.2) is 54.6 Å². The summed E-state index contributed by atoms with van der Waals surface area (Å²) in [6, 6.07) is 14.5. The van der Waals surface area contributed by atoms with Crippen molar-refractivity contribution in [1.82, 2.24) is 15.1 Å². The zero-order chi connectivity index (χ0) is 27.3. The molecule has 1 unspecified atom stereocenters. The summed E-state index contributed by atoms with van der Waals surface area (Å²) in [5.41, 5.74) is 3.08. The maximum Gasteiger partial charge on any atom is 0.416 e. The smallest absolute Gasteiger partial charge is 0.416 e. The molecular weight excluding hydrogens is 495 g/mol. The highest BCUT2D eigenvalue weighted by Gasteiger charge is 2.31. The van der Waals surface area contributed by atoms with Crippen molar-refractivity contribution >= 4 is 11.9 Å². The molecule has 1 aromatic heterocycles. The van der Waals surface area contributed by atoms with Crippen LogP contribution in [0.25, 0.3) is 11.3 Å². The van der Waals surface area contributed by atoms with Gasteiger partial charge >= 0.3 is 12.1 Å². The van der Waals surface area contributed by atoms with E-state index >= 15 is 0 Å². The Morgan fingerprint density at radius 1 is 1.05 bits per heavy atom. The summed E-state index contributed by atoms with van der Waals surface area (Å²) in [4.78, 5) is 23.2. The van der Waals surface area contributed by atoms with Crippen LogP contribution in [-0.4, -0.2) is 33.3 Å². The molecule has 1 aliphatic carbocycles. The van der Waals surface area contributed by atoms with Gasteiger partial charge < -0.3 is 10.4 Å². The summed E-state index contributed by atoms with van der Waals surface area (Å²) in [7, 11) is 0. The Morgan fingerprint density at radius 3 is 2.29 bits per heavy atom. The average Bonchev–Trinajstić information content (AvgIpc) is 3.33. The molecule has 0 spiro atoms. The molecule has 6 nitrogen and oxygen atoms in total. The maximum absolute atomic E-state index is 13.0. The molecular formula is C29H32F3N3O3.